The Morgan fingerprint density at radius 2 is 2.06 bits per heavy atom. The highest BCUT2D eigenvalue weighted by atomic mass is 79.9. The summed E-state index contributed by atoms with van der Waals surface area (Å²) in [5.41, 5.74) is 1.17. The van der Waals surface area contributed by atoms with Gasteiger partial charge in [0.1, 0.15) is 5.75 Å². The predicted octanol–water partition coefficient (Wildman–Crippen LogP) is 3.97. The molecule has 0 bridgehead atoms. The van der Waals surface area contributed by atoms with Crippen LogP contribution < -0.4 is 10.1 Å². The summed E-state index contributed by atoms with van der Waals surface area (Å²) in [5.74, 6) is 1.53. The number of halogens is 2. The van der Waals surface area contributed by atoms with Gasteiger partial charge in [0.2, 0.25) is 0 Å². The Hall–Kier alpha value is -0.0600. The van der Waals surface area contributed by atoms with Crippen LogP contribution in [0, 0.1) is 5.92 Å². The summed E-state index contributed by atoms with van der Waals surface area (Å²) >= 11 is 7.02. The molecule has 0 heterocycles. The third-order valence-electron chi connectivity index (χ3n) is 2.77. The normalized spacial score (nSPS) is 12.8. The molecule has 0 saturated heterocycles. The van der Waals surface area contributed by atoms with Gasteiger partial charge in [0.05, 0.1) is 7.11 Å². The fourth-order valence-electron chi connectivity index (χ4n) is 1.59. The summed E-state index contributed by atoms with van der Waals surface area (Å²) in [6.45, 7) is 5.26. The van der Waals surface area contributed by atoms with Crippen molar-refractivity contribution in [3.63, 3.8) is 0 Å². The van der Waals surface area contributed by atoms with Gasteiger partial charge in [0, 0.05) is 28.0 Å². The highest BCUT2D eigenvalue weighted by Gasteiger charge is 2.12. The lowest BCUT2D eigenvalue weighted by Gasteiger charge is -2.20. The fraction of sp³-hybridized carbons (Fsp3) is 0.538. The van der Waals surface area contributed by atoms with E-state index in [0.29, 0.717) is 12.0 Å². The summed E-state index contributed by atoms with van der Waals surface area (Å²) in [6, 6.07) is 6.54. The molecule has 1 aromatic carbocycles. The average Bonchev–Trinajstić information content (AvgIpc) is 2.29. The Balaban J connectivity index is 2.70. The lowest BCUT2D eigenvalue weighted by Crippen LogP contribution is -2.34. The van der Waals surface area contributed by atoms with E-state index in [1.165, 1.54) is 5.56 Å². The van der Waals surface area contributed by atoms with Crippen LogP contribution in [-0.4, -0.2) is 18.5 Å². The SMILES string of the molecule is COc1ccc(Br)cc1CNC(CBr)C(C)C. The van der Waals surface area contributed by atoms with Gasteiger partial charge < -0.3 is 10.1 Å². The Morgan fingerprint density at radius 3 is 2.59 bits per heavy atom. The maximum Gasteiger partial charge on any atom is 0.123 e. The Morgan fingerprint density at radius 1 is 1.35 bits per heavy atom. The molecule has 0 aliphatic carbocycles. The second-order valence-electron chi connectivity index (χ2n) is 4.34. The van der Waals surface area contributed by atoms with Crippen LogP contribution in [0.25, 0.3) is 0 Å². The van der Waals surface area contributed by atoms with Crippen LogP contribution in [0.1, 0.15) is 19.4 Å². The zero-order valence-corrected chi connectivity index (χ0v) is 13.6. The molecule has 1 unspecified atom stereocenters. The van der Waals surface area contributed by atoms with E-state index >= 15 is 0 Å². The standard InChI is InChI=1S/C13H19Br2NO/c1-9(2)12(7-14)16-8-10-6-11(15)4-5-13(10)17-3/h4-6,9,12,16H,7-8H2,1-3H3. The first-order chi connectivity index (χ1) is 8.08. The molecule has 0 fully saturated rings. The summed E-state index contributed by atoms with van der Waals surface area (Å²) in [7, 11) is 1.71. The lowest BCUT2D eigenvalue weighted by atomic mass is 10.1. The number of hydrogen-bond acceptors (Lipinski definition) is 2. The predicted molar refractivity (Wildman–Crippen MR) is 80.0 cm³/mol. The number of rotatable bonds is 6. The molecule has 0 aromatic heterocycles. The minimum absolute atomic E-state index is 0.471. The monoisotopic (exact) mass is 363 g/mol. The van der Waals surface area contributed by atoms with E-state index in [9.17, 15) is 0 Å². The van der Waals surface area contributed by atoms with Crippen molar-refractivity contribution >= 4 is 31.9 Å². The fourth-order valence-corrected chi connectivity index (χ4v) is 2.98. The van der Waals surface area contributed by atoms with Gasteiger partial charge in [0.15, 0.2) is 0 Å². The maximum absolute atomic E-state index is 5.35. The largest absolute Gasteiger partial charge is 0.496 e. The molecular formula is C13H19Br2NO. The number of ether oxygens (including phenoxy) is 1. The Kier molecular flexibility index (Phi) is 6.52. The molecule has 1 aromatic rings. The first kappa shape index (κ1) is 15.0. The second-order valence-corrected chi connectivity index (χ2v) is 5.91. The quantitative estimate of drug-likeness (QED) is 0.771. The molecule has 17 heavy (non-hydrogen) atoms. The third kappa shape index (κ3) is 4.60. The van der Waals surface area contributed by atoms with E-state index in [4.69, 9.17) is 4.74 Å². The number of benzene rings is 1. The van der Waals surface area contributed by atoms with E-state index in [-0.39, 0.29) is 0 Å². The average molecular weight is 365 g/mol. The van der Waals surface area contributed by atoms with E-state index in [1.807, 2.05) is 12.1 Å². The van der Waals surface area contributed by atoms with Crippen molar-refractivity contribution in [3.8, 4) is 5.75 Å². The van der Waals surface area contributed by atoms with Gasteiger partial charge in [-0.1, -0.05) is 45.7 Å². The number of alkyl halides is 1. The molecule has 1 N–H and O–H groups in total. The third-order valence-corrected chi connectivity index (χ3v) is 3.96. The van der Waals surface area contributed by atoms with Gasteiger partial charge in [-0.25, -0.2) is 0 Å². The van der Waals surface area contributed by atoms with Crippen LogP contribution in [0.3, 0.4) is 0 Å². The highest BCUT2D eigenvalue weighted by Crippen LogP contribution is 2.23. The van der Waals surface area contributed by atoms with Gasteiger partial charge in [-0.3, -0.25) is 0 Å². The molecule has 0 saturated carbocycles. The summed E-state index contributed by atoms with van der Waals surface area (Å²) in [6.07, 6.45) is 0. The van der Waals surface area contributed by atoms with E-state index in [2.05, 4.69) is 57.1 Å². The molecule has 0 aliphatic heterocycles. The summed E-state index contributed by atoms with van der Waals surface area (Å²) in [4.78, 5) is 0. The van der Waals surface area contributed by atoms with E-state index < -0.39 is 0 Å². The molecule has 2 nitrogen and oxygen atoms in total. The van der Waals surface area contributed by atoms with Gasteiger partial charge in [-0.2, -0.15) is 0 Å². The van der Waals surface area contributed by atoms with Crippen LogP contribution in [0.5, 0.6) is 5.75 Å². The molecule has 0 radical (unpaired) electrons. The van der Waals surface area contributed by atoms with Crippen molar-refractivity contribution in [2.45, 2.75) is 26.4 Å². The van der Waals surface area contributed by atoms with Crippen molar-refractivity contribution in [3.05, 3.63) is 28.2 Å². The second kappa shape index (κ2) is 7.39. The topological polar surface area (TPSA) is 21.3 Å². The molecular weight excluding hydrogens is 346 g/mol. The highest BCUT2D eigenvalue weighted by molar-refractivity contribution is 9.10. The van der Waals surface area contributed by atoms with Crippen LogP contribution in [0.4, 0.5) is 0 Å². The Bertz CT molecular complexity index is 355. The lowest BCUT2D eigenvalue weighted by molar-refractivity contribution is 0.397. The molecule has 1 atom stereocenters. The van der Waals surface area contributed by atoms with Crippen molar-refractivity contribution in [1.29, 1.82) is 0 Å². The van der Waals surface area contributed by atoms with E-state index in [0.717, 1.165) is 22.1 Å². The minimum Gasteiger partial charge on any atom is -0.496 e. The van der Waals surface area contributed by atoms with Crippen molar-refractivity contribution in [2.24, 2.45) is 5.92 Å². The first-order valence-electron chi connectivity index (χ1n) is 5.70. The minimum atomic E-state index is 0.471. The Labute approximate surface area is 120 Å². The number of methoxy groups -OCH3 is 1. The molecule has 0 amide bonds. The van der Waals surface area contributed by atoms with Gasteiger partial charge in [0.25, 0.3) is 0 Å². The van der Waals surface area contributed by atoms with Crippen LogP contribution in [-0.2, 0) is 6.54 Å². The number of nitrogens with one attached hydrogen (secondary N) is 1. The zero-order chi connectivity index (χ0) is 12.8. The number of hydrogen-bond donors (Lipinski definition) is 1. The summed E-state index contributed by atoms with van der Waals surface area (Å²) < 4.78 is 6.43. The van der Waals surface area contributed by atoms with Crippen LogP contribution in [0.2, 0.25) is 0 Å². The molecule has 4 heteroatoms. The van der Waals surface area contributed by atoms with Crippen molar-refractivity contribution in [2.75, 3.05) is 12.4 Å². The zero-order valence-electron chi connectivity index (χ0n) is 10.5. The van der Waals surface area contributed by atoms with Crippen LogP contribution in [0.15, 0.2) is 22.7 Å². The first-order valence-corrected chi connectivity index (χ1v) is 7.61. The van der Waals surface area contributed by atoms with Gasteiger partial charge in [-0.05, 0) is 24.1 Å². The van der Waals surface area contributed by atoms with Crippen molar-refractivity contribution in [1.82, 2.24) is 5.32 Å². The maximum atomic E-state index is 5.35. The summed E-state index contributed by atoms with van der Waals surface area (Å²) in [5, 5.41) is 4.50. The van der Waals surface area contributed by atoms with Gasteiger partial charge in [-0.15, -0.1) is 0 Å². The molecule has 0 spiro atoms. The molecule has 1 rings (SSSR count). The van der Waals surface area contributed by atoms with E-state index in [1.54, 1.807) is 7.11 Å². The van der Waals surface area contributed by atoms with Crippen molar-refractivity contribution < 1.29 is 4.74 Å². The molecule has 96 valence electrons. The van der Waals surface area contributed by atoms with Gasteiger partial charge >= 0.3 is 0 Å². The van der Waals surface area contributed by atoms with Crippen LogP contribution >= 0.6 is 31.9 Å². The molecule has 0 aliphatic rings. The smallest absolute Gasteiger partial charge is 0.123 e.